The number of thiophene rings is 1. The number of amides is 1. The molecule has 0 aromatic carbocycles. The minimum Gasteiger partial charge on any atom is -0.342 e. The van der Waals surface area contributed by atoms with Crippen LogP contribution in [-0.4, -0.2) is 57.2 Å². The fourth-order valence-corrected chi connectivity index (χ4v) is 6.49. The third-order valence-electron chi connectivity index (χ3n) is 7.52. The molecule has 2 aliphatic carbocycles. The highest BCUT2D eigenvalue weighted by molar-refractivity contribution is 7.19. The van der Waals surface area contributed by atoms with Crippen molar-refractivity contribution in [3.05, 3.63) is 22.7 Å². The van der Waals surface area contributed by atoms with E-state index in [1.165, 1.54) is 23.4 Å². The number of likely N-dealkylation sites (tertiary alicyclic amines) is 1. The van der Waals surface area contributed by atoms with Gasteiger partial charge in [0.15, 0.2) is 11.6 Å². The fraction of sp³-hybridized carbons (Fsp3) is 0.565. The lowest BCUT2D eigenvalue weighted by atomic mass is 10.2. The van der Waals surface area contributed by atoms with Gasteiger partial charge in [-0.05, 0) is 50.5 Å². The van der Waals surface area contributed by atoms with Gasteiger partial charge in [0, 0.05) is 54.7 Å². The van der Waals surface area contributed by atoms with Crippen molar-refractivity contribution >= 4 is 45.0 Å². The van der Waals surface area contributed by atoms with E-state index in [9.17, 15) is 4.79 Å². The molecule has 8 nitrogen and oxygen atoms in total. The molecular weight excluding hydrogens is 422 g/mol. The van der Waals surface area contributed by atoms with E-state index >= 15 is 0 Å². The average Bonchev–Trinajstić information content (AvgIpc) is 3.37. The van der Waals surface area contributed by atoms with Gasteiger partial charge in [0.25, 0.3) is 0 Å². The number of fused-ring (bicyclic) bond motifs is 2. The van der Waals surface area contributed by atoms with Crippen LogP contribution < -0.4 is 10.2 Å². The highest BCUT2D eigenvalue weighted by Gasteiger charge is 2.60. The predicted octanol–water partition coefficient (Wildman–Crippen LogP) is 3.65. The maximum absolute atomic E-state index is 12.8. The number of anilines is 3. The molecule has 5 heterocycles. The van der Waals surface area contributed by atoms with Crippen molar-refractivity contribution in [3.8, 4) is 0 Å². The molecule has 166 valence electrons. The average molecular weight is 450 g/mol. The van der Waals surface area contributed by atoms with Crippen LogP contribution in [0.25, 0.3) is 10.2 Å². The molecule has 0 radical (unpaired) electrons. The number of nitrogens with zero attached hydrogens (tertiary/aromatic N) is 5. The van der Waals surface area contributed by atoms with E-state index in [4.69, 9.17) is 9.97 Å². The maximum Gasteiger partial charge on any atom is 0.227 e. The largest absolute Gasteiger partial charge is 0.342 e. The van der Waals surface area contributed by atoms with Crippen molar-refractivity contribution in [2.75, 3.05) is 36.4 Å². The van der Waals surface area contributed by atoms with E-state index in [1.807, 2.05) is 0 Å². The summed E-state index contributed by atoms with van der Waals surface area (Å²) in [5, 5.41) is 11.1. The number of piperidine rings is 1. The summed E-state index contributed by atoms with van der Waals surface area (Å²) in [7, 11) is 0. The van der Waals surface area contributed by atoms with E-state index in [2.05, 4.69) is 44.4 Å². The zero-order valence-corrected chi connectivity index (χ0v) is 19.0. The summed E-state index contributed by atoms with van der Waals surface area (Å²) < 4.78 is 1.06. The van der Waals surface area contributed by atoms with Crippen LogP contribution in [0.2, 0.25) is 0 Å². The van der Waals surface area contributed by atoms with E-state index in [0.29, 0.717) is 23.7 Å². The van der Waals surface area contributed by atoms with Gasteiger partial charge in [-0.3, -0.25) is 9.89 Å². The zero-order chi connectivity index (χ0) is 21.4. The highest BCUT2D eigenvalue weighted by Crippen LogP contribution is 2.53. The molecule has 2 saturated carbocycles. The monoisotopic (exact) mass is 449 g/mol. The smallest absolute Gasteiger partial charge is 0.227 e. The number of aromatic amines is 1. The lowest BCUT2D eigenvalue weighted by Crippen LogP contribution is -2.34. The number of nitrogens with one attached hydrogen (secondary N) is 2. The molecule has 2 saturated heterocycles. The Morgan fingerprint density at radius 3 is 2.69 bits per heavy atom. The number of carbonyl (C=O) groups is 1. The normalized spacial score (nSPS) is 26.7. The number of aromatic nitrogens is 4. The Labute approximate surface area is 190 Å². The summed E-state index contributed by atoms with van der Waals surface area (Å²) >= 11 is 1.71. The molecule has 2 N–H and O–H groups in total. The third-order valence-corrected chi connectivity index (χ3v) is 8.57. The van der Waals surface area contributed by atoms with Crippen molar-refractivity contribution in [3.63, 3.8) is 0 Å². The number of carbonyl (C=O) groups excluding carboxylic acids is 1. The van der Waals surface area contributed by atoms with Crippen LogP contribution in [0.5, 0.6) is 0 Å². The second kappa shape index (κ2) is 6.91. The van der Waals surface area contributed by atoms with Gasteiger partial charge in [-0.1, -0.05) is 0 Å². The molecule has 4 aliphatic rings. The lowest BCUT2D eigenvalue weighted by Gasteiger charge is -2.22. The van der Waals surface area contributed by atoms with Gasteiger partial charge in [-0.2, -0.15) is 10.1 Å². The van der Waals surface area contributed by atoms with E-state index in [0.717, 1.165) is 66.8 Å². The van der Waals surface area contributed by atoms with Crippen LogP contribution in [0.4, 0.5) is 17.6 Å². The topological polar surface area (TPSA) is 90.0 Å². The number of hydrogen-bond acceptors (Lipinski definition) is 7. The first-order valence-corrected chi connectivity index (χ1v) is 12.6. The summed E-state index contributed by atoms with van der Waals surface area (Å²) in [6.07, 6.45) is 4.79. The molecule has 3 aromatic heterocycles. The van der Waals surface area contributed by atoms with E-state index in [1.54, 1.807) is 11.3 Å². The molecule has 32 heavy (non-hydrogen) atoms. The van der Waals surface area contributed by atoms with Gasteiger partial charge in [-0.15, -0.1) is 11.3 Å². The van der Waals surface area contributed by atoms with Gasteiger partial charge < -0.3 is 15.1 Å². The van der Waals surface area contributed by atoms with Crippen LogP contribution in [0, 0.1) is 24.7 Å². The minimum atomic E-state index is 0.221. The first kappa shape index (κ1) is 18.8. The van der Waals surface area contributed by atoms with Crippen molar-refractivity contribution < 1.29 is 4.79 Å². The lowest BCUT2D eigenvalue weighted by molar-refractivity contribution is -0.132. The minimum absolute atomic E-state index is 0.221. The maximum atomic E-state index is 12.8. The second-order valence-electron chi connectivity index (χ2n) is 9.84. The molecule has 7 rings (SSSR count). The molecule has 1 unspecified atom stereocenters. The zero-order valence-electron chi connectivity index (χ0n) is 18.2. The molecule has 3 aromatic rings. The Morgan fingerprint density at radius 2 is 1.94 bits per heavy atom. The van der Waals surface area contributed by atoms with Crippen LogP contribution >= 0.6 is 11.3 Å². The Balaban J connectivity index is 1.13. The highest BCUT2D eigenvalue weighted by atomic mass is 32.1. The van der Waals surface area contributed by atoms with Crippen LogP contribution in [-0.2, 0) is 4.79 Å². The van der Waals surface area contributed by atoms with Crippen LogP contribution in [0.3, 0.4) is 0 Å². The molecule has 1 amide bonds. The van der Waals surface area contributed by atoms with Crippen molar-refractivity contribution in [1.29, 1.82) is 0 Å². The van der Waals surface area contributed by atoms with Crippen molar-refractivity contribution in [2.24, 2.45) is 17.8 Å². The van der Waals surface area contributed by atoms with Crippen molar-refractivity contribution in [2.45, 2.75) is 38.5 Å². The van der Waals surface area contributed by atoms with Crippen LogP contribution in [0.1, 0.15) is 42.2 Å². The van der Waals surface area contributed by atoms with Gasteiger partial charge in [-0.25, -0.2) is 4.98 Å². The summed E-state index contributed by atoms with van der Waals surface area (Å²) in [4.78, 5) is 28.2. The molecule has 2 aliphatic heterocycles. The molecular formula is C23H27N7OS. The Bertz CT molecular complexity index is 1200. The standard InChI is InChI=1S/C23H27N7OS/c1-12-8-17-20(32-12)21(25-18-9-16(27-28-18)13-4-5-13)26-23(24-17)30-10-14-15(11-30)19(14)22(31)29-6-2-3-7-29/h8-9,13-15,19H,2-7,10-11H2,1H3,(H2,24,25,26,27,28)/t14-,15+,19?. The summed E-state index contributed by atoms with van der Waals surface area (Å²) in [5.74, 6) is 4.54. The summed E-state index contributed by atoms with van der Waals surface area (Å²) in [6.45, 7) is 5.74. The van der Waals surface area contributed by atoms with Gasteiger partial charge in [0.2, 0.25) is 11.9 Å². The molecule has 0 bridgehead atoms. The molecule has 0 spiro atoms. The third kappa shape index (κ3) is 3.09. The molecule has 3 atom stereocenters. The van der Waals surface area contributed by atoms with Gasteiger partial charge in [0.05, 0.1) is 10.2 Å². The first-order valence-electron chi connectivity index (χ1n) is 11.8. The molecule has 4 fully saturated rings. The van der Waals surface area contributed by atoms with Crippen molar-refractivity contribution in [1.82, 2.24) is 25.1 Å². The number of aryl methyl sites for hydroxylation is 1. The fourth-order valence-electron chi connectivity index (χ4n) is 5.59. The second-order valence-corrected chi connectivity index (χ2v) is 11.1. The van der Waals surface area contributed by atoms with E-state index in [-0.39, 0.29) is 5.92 Å². The Morgan fingerprint density at radius 1 is 1.16 bits per heavy atom. The van der Waals surface area contributed by atoms with Gasteiger partial charge in [0.1, 0.15) is 0 Å². The summed E-state index contributed by atoms with van der Waals surface area (Å²) in [6, 6.07) is 4.23. The number of hydrogen-bond donors (Lipinski definition) is 2. The first-order chi connectivity index (χ1) is 15.6. The predicted molar refractivity (Wildman–Crippen MR) is 124 cm³/mol. The van der Waals surface area contributed by atoms with E-state index < -0.39 is 0 Å². The number of H-pyrrole nitrogens is 1. The van der Waals surface area contributed by atoms with Crippen LogP contribution in [0.15, 0.2) is 12.1 Å². The molecule has 9 heteroatoms. The number of rotatable bonds is 5. The Hall–Kier alpha value is -2.68. The quantitative estimate of drug-likeness (QED) is 0.618. The SMILES string of the molecule is Cc1cc2nc(N3C[C@@H]4C(C(=O)N5CCCC5)[C@@H]4C3)nc(Nc3cc(C4CC4)[nH]n3)c2s1. The van der Waals surface area contributed by atoms with Gasteiger partial charge >= 0.3 is 0 Å². The summed E-state index contributed by atoms with van der Waals surface area (Å²) in [5.41, 5.74) is 2.18. The Kier molecular flexibility index (Phi) is 4.07.